The van der Waals surface area contributed by atoms with Crippen LogP contribution in [0.1, 0.15) is 5.56 Å². The van der Waals surface area contributed by atoms with Crippen molar-refractivity contribution >= 4 is 34.3 Å². The molecule has 2 heterocycles. The van der Waals surface area contributed by atoms with Crippen molar-refractivity contribution in [2.45, 2.75) is 6.92 Å². The molecule has 0 saturated heterocycles. The molecule has 2 aromatic heterocycles. The number of hydrogen-bond acceptors (Lipinski definition) is 10. The molecule has 0 aliphatic rings. The van der Waals surface area contributed by atoms with E-state index in [9.17, 15) is 4.39 Å². The number of halogens is 1. The van der Waals surface area contributed by atoms with Gasteiger partial charge in [-0.05, 0) is 44.8 Å². The molecule has 0 unspecified atom stereocenters. The summed E-state index contributed by atoms with van der Waals surface area (Å²) in [5, 5.41) is 12.9. The Morgan fingerprint density at radius 2 is 1.83 bits per heavy atom. The third-order valence-corrected chi connectivity index (χ3v) is 6.60. The van der Waals surface area contributed by atoms with Gasteiger partial charge in [-0.3, -0.25) is 0 Å². The van der Waals surface area contributed by atoms with Gasteiger partial charge in [-0.1, -0.05) is 23.5 Å². The van der Waals surface area contributed by atoms with Crippen LogP contribution in [0.3, 0.4) is 0 Å². The standard InChI is InChI=1S/C25H29FN8OS/c1-15-6-7-16(12-17(15)26)23-31-32-24(36-23)19-8-9-28-25(29-19)30-20-13-18(27)21(14-22(20)35-5)34(4)11-10-33(2)3/h6-9,12-14H,10-11,27H2,1-5H3,(H,28,29,30). The number of nitrogens with one attached hydrogen (secondary N) is 1. The Kier molecular flexibility index (Phi) is 7.61. The Morgan fingerprint density at radius 1 is 1.06 bits per heavy atom. The molecule has 2 aromatic carbocycles. The third kappa shape index (κ3) is 5.69. The second kappa shape index (κ2) is 10.8. The minimum atomic E-state index is -0.277. The van der Waals surface area contributed by atoms with Gasteiger partial charge in [-0.2, -0.15) is 0 Å². The monoisotopic (exact) mass is 508 g/mol. The number of likely N-dealkylation sites (N-methyl/N-ethyl adjacent to an activating group) is 2. The number of nitrogens with zero attached hydrogens (tertiary/aromatic N) is 6. The molecule has 0 aliphatic carbocycles. The van der Waals surface area contributed by atoms with Crippen molar-refractivity contribution in [1.82, 2.24) is 25.1 Å². The van der Waals surface area contributed by atoms with E-state index in [1.165, 1.54) is 17.4 Å². The summed E-state index contributed by atoms with van der Waals surface area (Å²) in [4.78, 5) is 13.1. The maximum Gasteiger partial charge on any atom is 0.227 e. The van der Waals surface area contributed by atoms with E-state index in [0.29, 0.717) is 49.9 Å². The van der Waals surface area contributed by atoms with Gasteiger partial charge in [0.25, 0.3) is 0 Å². The lowest BCUT2D eigenvalue weighted by atomic mass is 10.1. The lowest BCUT2D eigenvalue weighted by Gasteiger charge is -2.24. The van der Waals surface area contributed by atoms with E-state index in [1.54, 1.807) is 32.4 Å². The van der Waals surface area contributed by atoms with Crippen molar-refractivity contribution < 1.29 is 9.13 Å². The number of anilines is 4. The molecule has 0 saturated carbocycles. The summed E-state index contributed by atoms with van der Waals surface area (Å²) in [5.41, 5.74) is 10.3. The number of rotatable bonds is 9. The van der Waals surface area contributed by atoms with Crippen LogP contribution in [0.25, 0.3) is 21.3 Å². The van der Waals surface area contributed by atoms with Gasteiger partial charge in [0.15, 0.2) is 5.01 Å². The second-order valence-electron chi connectivity index (χ2n) is 8.60. The summed E-state index contributed by atoms with van der Waals surface area (Å²) in [6.07, 6.45) is 1.64. The fourth-order valence-electron chi connectivity index (χ4n) is 3.48. The van der Waals surface area contributed by atoms with E-state index in [2.05, 4.69) is 35.3 Å². The van der Waals surface area contributed by atoms with E-state index in [1.807, 2.05) is 39.3 Å². The minimum absolute atomic E-state index is 0.277. The maximum atomic E-state index is 14.0. The maximum absolute atomic E-state index is 14.0. The first-order valence-electron chi connectivity index (χ1n) is 11.3. The molecule has 0 aliphatic heterocycles. The zero-order valence-corrected chi connectivity index (χ0v) is 21.7. The van der Waals surface area contributed by atoms with Crippen LogP contribution in [0.4, 0.5) is 27.4 Å². The van der Waals surface area contributed by atoms with E-state index >= 15 is 0 Å². The minimum Gasteiger partial charge on any atom is -0.494 e. The Balaban J connectivity index is 1.56. The molecule has 0 bridgehead atoms. The van der Waals surface area contributed by atoms with Gasteiger partial charge in [-0.15, -0.1) is 10.2 Å². The molecule has 188 valence electrons. The van der Waals surface area contributed by atoms with Gasteiger partial charge in [0.2, 0.25) is 5.95 Å². The van der Waals surface area contributed by atoms with Crippen LogP contribution >= 0.6 is 11.3 Å². The molecule has 36 heavy (non-hydrogen) atoms. The van der Waals surface area contributed by atoms with Crippen LogP contribution in [0.5, 0.6) is 5.75 Å². The van der Waals surface area contributed by atoms with Gasteiger partial charge in [0, 0.05) is 38.0 Å². The molecular formula is C25H29FN8OS. The quantitative estimate of drug-likeness (QED) is 0.317. The van der Waals surface area contributed by atoms with Gasteiger partial charge >= 0.3 is 0 Å². The highest BCUT2D eigenvalue weighted by Gasteiger charge is 2.15. The number of hydrogen-bond donors (Lipinski definition) is 2. The van der Waals surface area contributed by atoms with Crippen LogP contribution in [-0.4, -0.2) is 66.4 Å². The summed E-state index contributed by atoms with van der Waals surface area (Å²) in [5.74, 6) is 0.697. The average Bonchev–Trinajstić information content (AvgIpc) is 3.35. The van der Waals surface area contributed by atoms with E-state index in [0.717, 1.165) is 18.8 Å². The van der Waals surface area contributed by atoms with Crippen molar-refractivity contribution in [2.75, 3.05) is 57.3 Å². The molecule has 0 radical (unpaired) electrons. The van der Waals surface area contributed by atoms with Gasteiger partial charge in [-0.25, -0.2) is 14.4 Å². The van der Waals surface area contributed by atoms with Gasteiger partial charge in [0.1, 0.15) is 22.3 Å². The lowest BCUT2D eigenvalue weighted by molar-refractivity contribution is 0.413. The van der Waals surface area contributed by atoms with Crippen LogP contribution in [-0.2, 0) is 0 Å². The van der Waals surface area contributed by atoms with Crippen LogP contribution in [0.2, 0.25) is 0 Å². The normalized spacial score (nSPS) is 11.1. The fourth-order valence-corrected chi connectivity index (χ4v) is 4.29. The summed E-state index contributed by atoms with van der Waals surface area (Å²) >= 11 is 1.33. The number of nitrogen functional groups attached to an aromatic ring is 1. The predicted octanol–water partition coefficient (Wildman–Crippen LogP) is 4.44. The molecule has 11 heteroatoms. The lowest BCUT2D eigenvalue weighted by Crippen LogP contribution is -2.29. The first kappa shape index (κ1) is 25.3. The molecule has 0 amide bonds. The first-order valence-corrected chi connectivity index (χ1v) is 12.1. The smallest absolute Gasteiger partial charge is 0.227 e. The highest BCUT2D eigenvalue weighted by Crippen LogP contribution is 2.36. The number of aryl methyl sites for hydroxylation is 1. The van der Waals surface area contributed by atoms with E-state index in [-0.39, 0.29) is 5.82 Å². The molecule has 3 N–H and O–H groups in total. The third-order valence-electron chi connectivity index (χ3n) is 5.61. The van der Waals surface area contributed by atoms with Gasteiger partial charge < -0.3 is 25.6 Å². The number of ether oxygens (including phenoxy) is 1. The predicted molar refractivity (Wildman–Crippen MR) is 144 cm³/mol. The fraction of sp³-hybridized carbons (Fsp3) is 0.280. The van der Waals surface area contributed by atoms with Crippen molar-refractivity contribution in [3.05, 3.63) is 54.0 Å². The van der Waals surface area contributed by atoms with E-state index in [4.69, 9.17) is 10.5 Å². The Hall–Kier alpha value is -3.83. The van der Waals surface area contributed by atoms with Crippen molar-refractivity contribution in [3.63, 3.8) is 0 Å². The molecule has 0 fully saturated rings. The van der Waals surface area contributed by atoms with Crippen LogP contribution in [0, 0.1) is 12.7 Å². The zero-order valence-electron chi connectivity index (χ0n) is 20.9. The first-order chi connectivity index (χ1) is 17.2. The Morgan fingerprint density at radius 3 is 2.56 bits per heavy atom. The number of benzene rings is 2. The summed E-state index contributed by atoms with van der Waals surface area (Å²) in [7, 11) is 7.66. The molecule has 4 aromatic rings. The molecular weight excluding hydrogens is 479 g/mol. The zero-order chi connectivity index (χ0) is 25.8. The van der Waals surface area contributed by atoms with Gasteiger partial charge in [0.05, 0.1) is 24.2 Å². The Bertz CT molecular complexity index is 1360. The molecule has 0 atom stereocenters. The van der Waals surface area contributed by atoms with Crippen molar-refractivity contribution in [2.24, 2.45) is 0 Å². The summed E-state index contributed by atoms with van der Waals surface area (Å²) in [6, 6.07) is 10.5. The number of nitrogens with two attached hydrogens (primary N) is 1. The van der Waals surface area contributed by atoms with Crippen molar-refractivity contribution in [3.8, 4) is 27.0 Å². The van der Waals surface area contributed by atoms with Crippen LogP contribution < -0.4 is 20.7 Å². The SMILES string of the molecule is COc1cc(N(C)CCN(C)C)c(N)cc1Nc1nccc(-c2nnc(-c3ccc(C)c(F)c3)s2)n1. The highest BCUT2D eigenvalue weighted by atomic mass is 32.1. The summed E-state index contributed by atoms with van der Waals surface area (Å²) < 4.78 is 19.6. The molecule has 0 spiro atoms. The topological polar surface area (TPSA) is 105 Å². The highest BCUT2D eigenvalue weighted by molar-refractivity contribution is 7.17. The molecule has 9 nitrogen and oxygen atoms in total. The Labute approximate surface area is 213 Å². The average molecular weight is 509 g/mol. The summed E-state index contributed by atoms with van der Waals surface area (Å²) in [6.45, 7) is 3.43. The van der Waals surface area contributed by atoms with Crippen LogP contribution in [0.15, 0.2) is 42.6 Å². The molecule has 4 rings (SSSR count). The van der Waals surface area contributed by atoms with Crippen molar-refractivity contribution in [1.29, 1.82) is 0 Å². The largest absolute Gasteiger partial charge is 0.494 e. The second-order valence-corrected chi connectivity index (χ2v) is 9.58. The van der Waals surface area contributed by atoms with E-state index < -0.39 is 0 Å². The number of aromatic nitrogens is 4. The number of methoxy groups -OCH3 is 1.